The van der Waals surface area contributed by atoms with Gasteiger partial charge in [0.2, 0.25) is 0 Å². The second-order valence-corrected chi connectivity index (χ2v) is 7.93. The van der Waals surface area contributed by atoms with Crippen molar-refractivity contribution in [3.05, 3.63) is 95.1 Å². The van der Waals surface area contributed by atoms with E-state index in [4.69, 9.17) is 5.11 Å². The van der Waals surface area contributed by atoms with Crippen LogP contribution >= 0.6 is 0 Å². The van der Waals surface area contributed by atoms with Crippen LogP contribution in [0.3, 0.4) is 0 Å². The van der Waals surface area contributed by atoms with Crippen LogP contribution in [0.4, 0.5) is 10.1 Å². The number of halogens is 1. The van der Waals surface area contributed by atoms with Gasteiger partial charge in [-0.3, -0.25) is 9.78 Å². The third-order valence-corrected chi connectivity index (χ3v) is 5.76. The molecule has 1 aromatic heterocycles. The van der Waals surface area contributed by atoms with Crippen molar-refractivity contribution in [1.82, 2.24) is 10.3 Å². The number of pyridine rings is 1. The SMILES string of the molecule is O=C(O)Cc1ccc(CCN[C@H](c2ccccc2)[C@H]2CNc3cccnc3C2)c(F)c1. The monoisotopic (exact) mass is 419 g/mol. The third-order valence-electron chi connectivity index (χ3n) is 5.76. The van der Waals surface area contributed by atoms with Gasteiger partial charge in [-0.2, -0.15) is 0 Å². The molecule has 0 radical (unpaired) electrons. The number of hydrogen-bond acceptors (Lipinski definition) is 4. The number of hydrogen-bond donors (Lipinski definition) is 3. The average Bonchev–Trinajstić information content (AvgIpc) is 2.78. The van der Waals surface area contributed by atoms with E-state index in [0.717, 1.165) is 24.3 Å². The number of anilines is 1. The number of carboxylic acid groups (broad SMARTS) is 1. The van der Waals surface area contributed by atoms with Crippen LogP contribution in [0.15, 0.2) is 66.9 Å². The normalized spacial score (nSPS) is 16.2. The van der Waals surface area contributed by atoms with Crippen LogP contribution in [-0.4, -0.2) is 29.1 Å². The molecule has 0 unspecified atom stereocenters. The second kappa shape index (κ2) is 9.71. The van der Waals surface area contributed by atoms with Gasteiger partial charge in [-0.05, 0) is 54.3 Å². The molecule has 3 aromatic rings. The lowest BCUT2D eigenvalue weighted by atomic mass is 9.86. The molecule has 0 aliphatic carbocycles. The van der Waals surface area contributed by atoms with Crippen molar-refractivity contribution in [1.29, 1.82) is 0 Å². The molecule has 0 amide bonds. The maximum absolute atomic E-state index is 14.4. The van der Waals surface area contributed by atoms with Crippen LogP contribution in [0, 0.1) is 11.7 Å². The summed E-state index contributed by atoms with van der Waals surface area (Å²) in [6.07, 6.45) is 3.05. The van der Waals surface area contributed by atoms with Crippen LogP contribution in [0.2, 0.25) is 0 Å². The van der Waals surface area contributed by atoms with Gasteiger partial charge in [0.05, 0.1) is 17.8 Å². The Morgan fingerprint density at radius 1 is 1.19 bits per heavy atom. The fraction of sp³-hybridized carbons (Fsp3) is 0.280. The average molecular weight is 420 g/mol. The number of aliphatic carboxylic acids is 1. The zero-order valence-corrected chi connectivity index (χ0v) is 17.2. The smallest absolute Gasteiger partial charge is 0.307 e. The molecule has 31 heavy (non-hydrogen) atoms. The topological polar surface area (TPSA) is 74.2 Å². The molecule has 6 heteroatoms. The first kappa shape index (κ1) is 21.0. The number of fused-ring (bicyclic) bond motifs is 1. The molecule has 0 bridgehead atoms. The molecule has 3 N–H and O–H groups in total. The Hall–Kier alpha value is -3.25. The first-order valence-electron chi connectivity index (χ1n) is 10.6. The van der Waals surface area contributed by atoms with E-state index in [1.54, 1.807) is 12.1 Å². The van der Waals surface area contributed by atoms with E-state index in [0.29, 0.717) is 30.0 Å². The maximum atomic E-state index is 14.4. The summed E-state index contributed by atoms with van der Waals surface area (Å²) in [7, 11) is 0. The van der Waals surface area contributed by atoms with Crippen LogP contribution in [0.1, 0.15) is 28.4 Å². The summed E-state index contributed by atoms with van der Waals surface area (Å²) in [4.78, 5) is 15.4. The van der Waals surface area contributed by atoms with Crippen molar-refractivity contribution in [2.24, 2.45) is 5.92 Å². The molecule has 0 saturated heterocycles. The van der Waals surface area contributed by atoms with Gasteiger partial charge in [-0.1, -0.05) is 42.5 Å². The van der Waals surface area contributed by atoms with Crippen molar-refractivity contribution in [2.75, 3.05) is 18.4 Å². The highest BCUT2D eigenvalue weighted by atomic mass is 19.1. The fourth-order valence-electron chi connectivity index (χ4n) is 4.22. The molecule has 2 atom stereocenters. The standard InChI is InChI=1S/C25H26FN3O2/c26-21-13-17(14-24(30)31)8-9-18(21)10-12-28-25(19-5-2-1-3-6-19)20-15-23-22(29-16-20)7-4-11-27-23/h1-9,11,13,20,25,28-29H,10,12,14-16H2,(H,30,31)/t20-,25-/m1/s1. The lowest BCUT2D eigenvalue weighted by molar-refractivity contribution is -0.136. The van der Waals surface area contributed by atoms with E-state index >= 15 is 0 Å². The Bertz CT molecular complexity index is 1040. The second-order valence-electron chi connectivity index (χ2n) is 7.93. The van der Waals surface area contributed by atoms with Crippen molar-refractivity contribution in [3.8, 4) is 0 Å². The summed E-state index contributed by atoms with van der Waals surface area (Å²) >= 11 is 0. The zero-order chi connectivity index (χ0) is 21.6. The van der Waals surface area contributed by atoms with Gasteiger partial charge in [-0.15, -0.1) is 0 Å². The van der Waals surface area contributed by atoms with Crippen molar-refractivity contribution < 1.29 is 14.3 Å². The van der Waals surface area contributed by atoms with Gasteiger partial charge in [0, 0.05) is 24.7 Å². The minimum Gasteiger partial charge on any atom is -0.481 e. The number of carbonyl (C=O) groups is 1. The molecule has 160 valence electrons. The van der Waals surface area contributed by atoms with E-state index in [1.165, 1.54) is 11.6 Å². The van der Waals surface area contributed by atoms with E-state index in [-0.39, 0.29) is 18.3 Å². The molecule has 1 aliphatic heterocycles. The van der Waals surface area contributed by atoms with Crippen molar-refractivity contribution in [2.45, 2.75) is 25.3 Å². The molecule has 0 spiro atoms. The summed E-state index contributed by atoms with van der Waals surface area (Å²) in [5.74, 6) is -1.00. The predicted molar refractivity (Wildman–Crippen MR) is 119 cm³/mol. The number of aromatic nitrogens is 1. The van der Waals surface area contributed by atoms with Crippen LogP contribution in [0.25, 0.3) is 0 Å². The molecule has 2 aromatic carbocycles. The van der Waals surface area contributed by atoms with Crippen molar-refractivity contribution in [3.63, 3.8) is 0 Å². The Kier molecular flexibility index (Phi) is 6.57. The van der Waals surface area contributed by atoms with E-state index in [1.807, 2.05) is 30.5 Å². The summed E-state index contributed by atoms with van der Waals surface area (Å²) in [6, 6.07) is 19.1. The van der Waals surface area contributed by atoms with Gasteiger partial charge in [0.15, 0.2) is 0 Å². The summed E-state index contributed by atoms with van der Waals surface area (Å²) in [6.45, 7) is 1.45. The zero-order valence-electron chi connectivity index (χ0n) is 17.2. The fourth-order valence-corrected chi connectivity index (χ4v) is 4.22. The highest BCUT2D eigenvalue weighted by Gasteiger charge is 2.27. The van der Waals surface area contributed by atoms with Gasteiger partial charge in [-0.25, -0.2) is 4.39 Å². The molecule has 0 fully saturated rings. The number of nitrogens with one attached hydrogen (secondary N) is 2. The van der Waals surface area contributed by atoms with E-state index < -0.39 is 5.97 Å². The van der Waals surface area contributed by atoms with E-state index in [2.05, 4.69) is 33.8 Å². The van der Waals surface area contributed by atoms with Gasteiger partial charge in [0.25, 0.3) is 0 Å². The number of nitrogens with zero attached hydrogens (tertiary/aromatic N) is 1. The Morgan fingerprint density at radius 2 is 2.03 bits per heavy atom. The van der Waals surface area contributed by atoms with E-state index in [9.17, 15) is 9.18 Å². The molecule has 4 rings (SSSR count). The first-order valence-corrected chi connectivity index (χ1v) is 10.6. The molecule has 5 nitrogen and oxygen atoms in total. The Labute approximate surface area is 181 Å². The molecule has 0 saturated carbocycles. The highest BCUT2D eigenvalue weighted by molar-refractivity contribution is 5.70. The molecule has 1 aliphatic rings. The Morgan fingerprint density at radius 3 is 2.81 bits per heavy atom. The lowest BCUT2D eigenvalue weighted by Crippen LogP contribution is -2.37. The molecule has 2 heterocycles. The van der Waals surface area contributed by atoms with Crippen LogP contribution < -0.4 is 10.6 Å². The van der Waals surface area contributed by atoms with Crippen LogP contribution in [0.5, 0.6) is 0 Å². The minimum atomic E-state index is -0.961. The molecular formula is C25H26FN3O2. The summed E-state index contributed by atoms with van der Waals surface area (Å²) in [5.41, 5.74) is 4.42. The number of benzene rings is 2. The van der Waals surface area contributed by atoms with Gasteiger partial charge >= 0.3 is 5.97 Å². The highest BCUT2D eigenvalue weighted by Crippen LogP contribution is 2.31. The lowest BCUT2D eigenvalue weighted by Gasteiger charge is -2.33. The van der Waals surface area contributed by atoms with Gasteiger partial charge < -0.3 is 15.7 Å². The summed E-state index contributed by atoms with van der Waals surface area (Å²) in [5, 5.41) is 16.0. The van der Waals surface area contributed by atoms with Crippen LogP contribution in [-0.2, 0) is 24.1 Å². The minimum absolute atomic E-state index is 0.109. The predicted octanol–water partition coefficient (Wildman–Crippen LogP) is 4.01. The summed E-state index contributed by atoms with van der Waals surface area (Å²) < 4.78 is 14.4. The largest absolute Gasteiger partial charge is 0.481 e. The Balaban J connectivity index is 1.45. The van der Waals surface area contributed by atoms with Gasteiger partial charge in [0.1, 0.15) is 5.82 Å². The quantitative estimate of drug-likeness (QED) is 0.515. The molecular weight excluding hydrogens is 393 g/mol. The third kappa shape index (κ3) is 5.27. The maximum Gasteiger partial charge on any atom is 0.307 e. The number of carboxylic acids is 1. The number of rotatable bonds is 8. The van der Waals surface area contributed by atoms with Crippen molar-refractivity contribution >= 4 is 11.7 Å². The first-order chi connectivity index (χ1) is 15.1.